The molecule has 1 atom stereocenters. The Morgan fingerprint density at radius 3 is 2.06 bits per heavy atom. The molecule has 0 rings (SSSR count). The van der Waals surface area contributed by atoms with Crippen molar-refractivity contribution in [2.24, 2.45) is 0 Å². The molecule has 0 unspecified atom stereocenters. The lowest BCUT2D eigenvalue weighted by atomic mass is 9.99. The Labute approximate surface area is 96.5 Å². The van der Waals surface area contributed by atoms with Crippen molar-refractivity contribution in [3.8, 4) is 0 Å². The van der Waals surface area contributed by atoms with E-state index in [0.29, 0.717) is 0 Å². The molecular weight excluding hydrogens is 245 g/mol. The molecule has 0 aliphatic heterocycles. The number of carbonyl (C=O) groups is 1. The number of rotatable bonds is 6. The molecule has 0 aromatic heterocycles. The summed E-state index contributed by atoms with van der Waals surface area (Å²) < 4.78 is 51.2. The van der Waals surface area contributed by atoms with Crippen LogP contribution in [0, 0.1) is 0 Å². The zero-order valence-electron chi connectivity index (χ0n) is 9.71. The lowest BCUT2D eigenvalue weighted by molar-refractivity contribution is -0.280. The van der Waals surface area contributed by atoms with E-state index in [0.717, 1.165) is 14.2 Å². The molecule has 0 aliphatic rings. The topological polar surface area (TPSA) is 65.0 Å². The Balaban J connectivity index is 5.04. The van der Waals surface area contributed by atoms with Crippen LogP contribution in [0.5, 0.6) is 0 Å². The van der Waals surface area contributed by atoms with Crippen LogP contribution in [0.25, 0.3) is 0 Å². The molecule has 0 aromatic rings. The van der Waals surface area contributed by atoms with E-state index >= 15 is 0 Å². The van der Waals surface area contributed by atoms with Crippen molar-refractivity contribution in [1.82, 2.24) is 0 Å². The van der Waals surface area contributed by atoms with E-state index in [2.05, 4.69) is 14.2 Å². The van der Waals surface area contributed by atoms with E-state index < -0.39 is 30.5 Å². The first-order valence-electron chi connectivity index (χ1n) is 4.74. The van der Waals surface area contributed by atoms with Crippen LogP contribution in [-0.4, -0.2) is 50.0 Å². The highest BCUT2D eigenvalue weighted by Gasteiger charge is 2.61. The van der Waals surface area contributed by atoms with E-state index in [4.69, 9.17) is 0 Å². The molecule has 0 radical (unpaired) electrons. The maximum Gasteiger partial charge on any atom is 0.428 e. The molecule has 0 aliphatic carbocycles. The average molecular weight is 260 g/mol. The summed E-state index contributed by atoms with van der Waals surface area (Å²) in [5, 5.41) is 9.42. The SMILES string of the molecule is CCOC(=O)[C@@](O)(CC(OC)OC)C(F)(F)F. The highest BCUT2D eigenvalue weighted by molar-refractivity contribution is 5.80. The number of alkyl halides is 3. The van der Waals surface area contributed by atoms with Crippen LogP contribution in [0.4, 0.5) is 13.2 Å². The van der Waals surface area contributed by atoms with Gasteiger partial charge in [-0.25, -0.2) is 4.79 Å². The number of hydrogen-bond acceptors (Lipinski definition) is 5. The predicted octanol–water partition coefficient (Wildman–Crippen LogP) is 0.852. The molecule has 102 valence electrons. The zero-order chi connectivity index (χ0) is 13.7. The van der Waals surface area contributed by atoms with E-state index in [-0.39, 0.29) is 6.61 Å². The van der Waals surface area contributed by atoms with E-state index in [1.807, 2.05) is 0 Å². The summed E-state index contributed by atoms with van der Waals surface area (Å²) in [7, 11) is 2.19. The van der Waals surface area contributed by atoms with E-state index in [9.17, 15) is 23.1 Å². The van der Waals surface area contributed by atoms with Gasteiger partial charge in [-0.15, -0.1) is 0 Å². The normalized spacial score (nSPS) is 15.8. The second kappa shape index (κ2) is 6.18. The molecule has 8 heteroatoms. The average Bonchev–Trinajstić information content (AvgIpc) is 2.24. The standard InChI is InChI=1S/C9H15F3O5/c1-4-17-7(13)8(14,9(10,11)12)5-6(15-2)16-3/h6,14H,4-5H2,1-3H3/t8-/m0/s1. The third-order valence-corrected chi connectivity index (χ3v) is 2.07. The number of methoxy groups -OCH3 is 2. The van der Waals surface area contributed by atoms with Gasteiger partial charge in [-0.1, -0.05) is 0 Å². The summed E-state index contributed by atoms with van der Waals surface area (Å²) in [4.78, 5) is 11.2. The molecule has 1 N–H and O–H groups in total. The molecule has 0 aromatic carbocycles. The second-order valence-corrected chi connectivity index (χ2v) is 3.18. The molecule has 0 spiro atoms. The number of esters is 1. The summed E-state index contributed by atoms with van der Waals surface area (Å²) in [6.07, 6.45) is -7.64. The summed E-state index contributed by atoms with van der Waals surface area (Å²) in [6.45, 7) is 1.06. The summed E-state index contributed by atoms with van der Waals surface area (Å²) in [5.41, 5.74) is -3.64. The molecule has 0 bridgehead atoms. The largest absolute Gasteiger partial charge is 0.464 e. The van der Waals surface area contributed by atoms with Crippen molar-refractivity contribution in [2.75, 3.05) is 20.8 Å². The number of carbonyl (C=O) groups excluding carboxylic acids is 1. The first-order chi connectivity index (χ1) is 7.72. The minimum atomic E-state index is -5.17. The summed E-state index contributed by atoms with van der Waals surface area (Å²) in [5.74, 6) is -1.77. The van der Waals surface area contributed by atoms with Crippen LogP contribution in [0.1, 0.15) is 13.3 Å². The van der Waals surface area contributed by atoms with Crippen LogP contribution in [0.2, 0.25) is 0 Å². The highest BCUT2D eigenvalue weighted by Crippen LogP contribution is 2.35. The Morgan fingerprint density at radius 2 is 1.76 bits per heavy atom. The van der Waals surface area contributed by atoms with Gasteiger partial charge in [-0.2, -0.15) is 13.2 Å². The lowest BCUT2D eigenvalue weighted by Crippen LogP contribution is -2.55. The Hall–Kier alpha value is -0.860. The van der Waals surface area contributed by atoms with Crippen molar-refractivity contribution in [2.45, 2.75) is 31.4 Å². The van der Waals surface area contributed by atoms with E-state index in [1.165, 1.54) is 6.92 Å². The molecule has 5 nitrogen and oxygen atoms in total. The Bertz CT molecular complexity index is 252. The summed E-state index contributed by atoms with van der Waals surface area (Å²) >= 11 is 0. The van der Waals surface area contributed by atoms with E-state index in [1.54, 1.807) is 0 Å². The minimum Gasteiger partial charge on any atom is -0.464 e. The quantitative estimate of drug-likeness (QED) is 0.566. The Kier molecular flexibility index (Phi) is 5.86. The number of aliphatic hydroxyl groups is 1. The monoisotopic (exact) mass is 260 g/mol. The van der Waals surface area contributed by atoms with Gasteiger partial charge >= 0.3 is 12.1 Å². The third kappa shape index (κ3) is 3.83. The molecule has 0 saturated carbocycles. The molecule has 0 heterocycles. The molecular formula is C9H15F3O5. The van der Waals surface area contributed by atoms with Gasteiger partial charge in [-0.3, -0.25) is 0 Å². The lowest BCUT2D eigenvalue weighted by Gasteiger charge is -2.30. The van der Waals surface area contributed by atoms with Crippen LogP contribution >= 0.6 is 0 Å². The fraction of sp³-hybridized carbons (Fsp3) is 0.889. The van der Waals surface area contributed by atoms with Gasteiger partial charge in [-0.05, 0) is 6.92 Å². The van der Waals surface area contributed by atoms with Gasteiger partial charge in [0.25, 0.3) is 5.60 Å². The molecule has 17 heavy (non-hydrogen) atoms. The van der Waals surface area contributed by atoms with Gasteiger partial charge in [0.2, 0.25) is 0 Å². The van der Waals surface area contributed by atoms with Crippen LogP contribution in [0.15, 0.2) is 0 Å². The molecule has 0 saturated heterocycles. The highest BCUT2D eigenvalue weighted by atomic mass is 19.4. The van der Waals surface area contributed by atoms with Gasteiger partial charge in [0.15, 0.2) is 6.29 Å². The van der Waals surface area contributed by atoms with Gasteiger partial charge in [0.1, 0.15) is 0 Å². The fourth-order valence-electron chi connectivity index (χ4n) is 1.07. The minimum absolute atomic E-state index is 0.276. The van der Waals surface area contributed by atoms with Crippen molar-refractivity contribution >= 4 is 5.97 Å². The predicted molar refractivity (Wildman–Crippen MR) is 50.1 cm³/mol. The van der Waals surface area contributed by atoms with Gasteiger partial charge in [0.05, 0.1) is 6.61 Å². The van der Waals surface area contributed by atoms with Crippen LogP contribution in [0.3, 0.4) is 0 Å². The van der Waals surface area contributed by atoms with Gasteiger partial charge in [0, 0.05) is 20.6 Å². The number of hydrogen-bond donors (Lipinski definition) is 1. The van der Waals surface area contributed by atoms with Crippen molar-refractivity contribution < 1.29 is 37.3 Å². The van der Waals surface area contributed by atoms with Crippen molar-refractivity contribution in [1.29, 1.82) is 0 Å². The van der Waals surface area contributed by atoms with Crippen LogP contribution in [-0.2, 0) is 19.0 Å². The smallest absolute Gasteiger partial charge is 0.428 e. The van der Waals surface area contributed by atoms with Crippen molar-refractivity contribution in [3.63, 3.8) is 0 Å². The number of halogens is 3. The maximum absolute atomic E-state index is 12.6. The molecule has 0 amide bonds. The fourth-order valence-corrected chi connectivity index (χ4v) is 1.07. The van der Waals surface area contributed by atoms with Crippen molar-refractivity contribution in [3.05, 3.63) is 0 Å². The first-order valence-corrected chi connectivity index (χ1v) is 4.74. The first kappa shape index (κ1) is 16.1. The third-order valence-electron chi connectivity index (χ3n) is 2.07. The summed E-state index contributed by atoms with van der Waals surface area (Å²) in [6, 6.07) is 0. The second-order valence-electron chi connectivity index (χ2n) is 3.18. The molecule has 0 fully saturated rings. The maximum atomic E-state index is 12.6. The Morgan fingerprint density at radius 1 is 1.29 bits per heavy atom. The zero-order valence-corrected chi connectivity index (χ0v) is 9.71. The number of ether oxygens (including phenoxy) is 3. The van der Waals surface area contributed by atoms with Gasteiger partial charge < -0.3 is 19.3 Å². The van der Waals surface area contributed by atoms with Crippen LogP contribution < -0.4 is 0 Å².